The maximum Gasteiger partial charge on any atom is 0.162 e. The van der Waals surface area contributed by atoms with Gasteiger partial charge in [-0.25, -0.2) is 0 Å². The van der Waals surface area contributed by atoms with E-state index in [9.17, 15) is 5.11 Å². The number of ether oxygens (including phenoxy) is 1. The van der Waals surface area contributed by atoms with Crippen LogP contribution < -0.4 is 4.74 Å². The van der Waals surface area contributed by atoms with Crippen LogP contribution >= 0.6 is 11.8 Å². The van der Waals surface area contributed by atoms with Gasteiger partial charge in [0.2, 0.25) is 0 Å². The lowest BCUT2D eigenvalue weighted by Crippen LogP contribution is -2.41. The first-order valence-corrected chi connectivity index (χ1v) is 7.48. The number of rotatable bonds is 3. The van der Waals surface area contributed by atoms with E-state index in [0.717, 1.165) is 24.4 Å². The molecule has 5 heteroatoms. The molecule has 2 rings (SSSR count). The minimum Gasteiger partial charge on any atom is -0.493 e. The minimum absolute atomic E-state index is 0.130. The Morgan fingerprint density at radius 3 is 2.78 bits per heavy atom. The van der Waals surface area contributed by atoms with Gasteiger partial charge in [-0.3, -0.25) is 4.68 Å². The molecule has 18 heavy (non-hydrogen) atoms. The van der Waals surface area contributed by atoms with Crippen molar-refractivity contribution in [1.82, 2.24) is 9.78 Å². The lowest BCUT2D eigenvalue weighted by molar-refractivity contribution is 0.00574. The zero-order chi connectivity index (χ0) is 13.4. The number of hydrogen-bond acceptors (Lipinski definition) is 4. The van der Waals surface area contributed by atoms with Gasteiger partial charge in [0.05, 0.1) is 13.3 Å². The fraction of sp³-hybridized carbons (Fsp3) is 0.769. The van der Waals surface area contributed by atoms with Crippen molar-refractivity contribution in [3.05, 3.63) is 11.9 Å². The van der Waals surface area contributed by atoms with Crippen LogP contribution in [0.3, 0.4) is 0 Å². The number of hydrogen-bond donors (Lipinski definition) is 1. The van der Waals surface area contributed by atoms with Crippen molar-refractivity contribution in [1.29, 1.82) is 0 Å². The second-order valence-electron chi connectivity index (χ2n) is 5.74. The maximum absolute atomic E-state index is 11.0. The fourth-order valence-corrected chi connectivity index (χ4v) is 4.10. The van der Waals surface area contributed by atoms with Crippen molar-refractivity contribution in [2.24, 2.45) is 5.41 Å². The van der Waals surface area contributed by atoms with Crippen molar-refractivity contribution in [3.8, 4) is 5.75 Å². The molecule has 1 aliphatic rings. The highest BCUT2D eigenvalue weighted by atomic mass is 32.2. The van der Waals surface area contributed by atoms with E-state index in [1.54, 1.807) is 25.1 Å². The SMILES string of the molecule is CCn1ncc(OC)c1C1(O)CSCC(C)(C)C1. The second-order valence-corrected chi connectivity index (χ2v) is 6.73. The maximum atomic E-state index is 11.0. The van der Waals surface area contributed by atoms with Gasteiger partial charge in [0, 0.05) is 12.3 Å². The van der Waals surface area contributed by atoms with Crippen LogP contribution in [0.4, 0.5) is 0 Å². The Balaban J connectivity index is 2.42. The van der Waals surface area contributed by atoms with Crippen LogP contribution in [0.25, 0.3) is 0 Å². The normalized spacial score (nSPS) is 27.2. The number of aliphatic hydroxyl groups is 1. The Hall–Kier alpha value is -0.680. The van der Waals surface area contributed by atoms with Crippen molar-refractivity contribution < 1.29 is 9.84 Å². The fourth-order valence-electron chi connectivity index (χ4n) is 2.77. The highest BCUT2D eigenvalue weighted by Crippen LogP contribution is 2.46. The molecule has 1 fully saturated rings. The predicted octanol–water partition coefficient (Wildman–Crippen LogP) is 2.26. The number of thioether (sulfide) groups is 1. The Kier molecular flexibility index (Phi) is 3.65. The molecular weight excluding hydrogens is 248 g/mol. The minimum atomic E-state index is -0.843. The van der Waals surface area contributed by atoms with Crippen LogP contribution in [-0.2, 0) is 12.1 Å². The first kappa shape index (κ1) is 13.7. The Morgan fingerprint density at radius 1 is 1.50 bits per heavy atom. The first-order valence-electron chi connectivity index (χ1n) is 6.32. The van der Waals surface area contributed by atoms with Crippen LogP contribution in [0.5, 0.6) is 5.75 Å². The van der Waals surface area contributed by atoms with Gasteiger partial charge in [-0.1, -0.05) is 13.8 Å². The van der Waals surface area contributed by atoms with E-state index < -0.39 is 5.60 Å². The van der Waals surface area contributed by atoms with Crippen LogP contribution in [0, 0.1) is 5.41 Å². The van der Waals surface area contributed by atoms with Crippen LogP contribution in [0.15, 0.2) is 6.20 Å². The average molecular weight is 270 g/mol. The van der Waals surface area contributed by atoms with Gasteiger partial charge in [0.25, 0.3) is 0 Å². The Morgan fingerprint density at radius 2 is 2.22 bits per heavy atom. The molecule has 1 N–H and O–H groups in total. The summed E-state index contributed by atoms with van der Waals surface area (Å²) in [5.74, 6) is 2.48. The van der Waals surface area contributed by atoms with Gasteiger partial charge in [0.15, 0.2) is 5.75 Å². The van der Waals surface area contributed by atoms with Crippen LogP contribution in [0.1, 0.15) is 32.9 Å². The average Bonchev–Trinajstić information content (AvgIpc) is 2.70. The third-order valence-electron chi connectivity index (χ3n) is 3.37. The summed E-state index contributed by atoms with van der Waals surface area (Å²) in [4.78, 5) is 0. The molecule has 0 saturated carbocycles. The molecule has 1 atom stereocenters. The van der Waals surface area contributed by atoms with E-state index in [4.69, 9.17) is 4.74 Å². The molecular formula is C13H22N2O2S. The lowest BCUT2D eigenvalue weighted by Gasteiger charge is -2.41. The Labute approximate surface area is 113 Å². The molecule has 2 heterocycles. The molecule has 0 aromatic carbocycles. The summed E-state index contributed by atoms with van der Waals surface area (Å²) < 4.78 is 7.21. The smallest absolute Gasteiger partial charge is 0.162 e. The summed E-state index contributed by atoms with van der Waals surface area (Å²) in [6, 6.07) is 0. The summed E-state index contributed by atoms with van der Waals surface area (Å²) in [6.07, 6.45) is 2.44. The quantitative estimate of drug-likeness (QED) is 0.915. The molecule has 0 radical (unpaired) electrons. The van der Waals surface area contributed by atoms with Gasteiger partial charge in [0.1, 0.15) is 11.3 Å². The van der Waals surface area contributed by atoms with E-state index in [2.05, 4.69) is 18.9 Å². The lowest BCUT2D eigenvalue weighted by atomic mass is 9.80. The summed E-state index contributed by atoms with van der Waals surface area (Å²) in [5, 5.41) is 15.3. The van der Waals surface area contributed by atoms with Crippen molar-refractivity contribution >= 4 is 11.8 Å². The summed E-state index contributed by atoms with van der Waals surface area (Å²) >= 11 is 1.80. The molecule has 1 aromatic rings. The molecule has 4 nitrogen and oxygen atoms in total. The highest BCUT2D eigenvalue weighted by Gasteiger charge is 2.44. The van der Waals surface area contributed by atoms with E-state index in [1.165, 1.54) is 0 Å². The monoisotopic (exact) mass is 270 g/mol. The molecule has 1 aliphatic heterocycles. The molecule has 1 saturated heterocycles. The van der Waals surface area contributed by atoms with Crippen LogP contribution in [-0.4, -0.2) is 33.5 Å². The van der Waals surface area contributed by atoms with Gasteiger partial charge < -0.3 is 9.84 Å². The number of aryl methyl sites for hydroxylation is 1. The van der Waals surface area contributed by atoms with Crippen LogP contribution in [0.2, 0.25) is 0 Å². The van der Waals surface area contributed by atoms with Crippen molar-refractivity contribution in [2.45, 2.75) is 39.3 Å². The van der Waals surface area contributed by atoms with E-state index in [0.29, 0.717) is 11.5 Å². The number of aromatic nitrogens is 2. The Bertz CT molecular complexity index is 409. The third kappa shape index (κ3) is 2.38. The largest absolute Gasteiger partial charge is 0.493 e. The molecule has 0 amide bonds. The van der Waals surface area contributed by atoms with Gasteiger partial charge >= 0.3 is 0 Å². The van der Waals surface area contributed by atoms with Gasteiger partial charge in [-0.2, -0.15) is 16.9 Å². The topological polar surface area (TPSA) is 47.3 Å². The van der Waals surface area contributed by atoms with Gasteiger partial charge in [-0.15, -0.1) is 0 Å². The first-order chi connectivity index (χ1) is 8.42. The number of methoxy groups -OCH3 is 1. The van der Waals surface area contributed by atoms with Crippen molar-refractivity contribution in [3.63, 3.8) is 0 Å². The number of nitrogens with zero attached hydrogens (tertiary/aromatic N) is 2. The third-order valence-corrected chi connectivity index (χ3v) is 5.04. The molecule has 0 bridgehead atoms. The molecule has 0 spiro atoms. The predicted molar refractivity (Wildman–Crippen MR) is 74.1 cm³/mol. The molecule has 0 aliphatic carbocycles. The molecule has 1 unspecified atom stereocenters. The summed E-state index contributed by atoms with van der Waals surface area (Å²) in [6.45, 7) is 7.17. The molecule has 1 aromatic heterocycles. The van der Waals surface area contributed by atoms with E-state index >= 15 is 0 Å². The molecule has 102 valence electrons. The van der Waals surface area contributed by atoms with Crippen molar-refractivity contribution in [2.75, 3.05) is 18.6 Å². The van der Waals surface area contributed by atoms with E-state index in [-0.39, 0.29) is 5.41 Å². The van der Waals surface area contributed by atoms with E-state index in [1.807, 2.05) is 11.6 Å². The summed E-state index contributed by atoms with van der Waals surface area (Å²) in [7, 11) is 1.63. The zero-order valence-electron chi connectivity index (χ0n) is 11.6. The highest BCUT2D eigenvalue weighted by molar-refractivity contribution is 7.99. The summed E-state index contributed by atoms with van der Waals surface area (Å²) in [5.41, 5.74) is 0.114. The second kappa shape index (κ2) is 4.78. The standard InChI is InChI=1S/C13H22N2O2S/c1-5-15-11(10(17-4)6-14-15)13(16)7-12(2,3)8-18-9-13/h6,16H,5,7-9H2,1-4H3. The van der Waals surface area contributed by atoms with Gasteiger partial charge in [-0.05, 0) is 24.5 Å². The zero-order valence-corrected chi connectivity index (χ0v) is 12.4.